The lowest BCUT2D eigenvalue weighted by Crippen LogP contribution is -2.28. The van der Waals surface area contributed by atoms with E-state index in [9.17, 15) is 4.79 Å². The van der Waals surface area contributed by atoms with Gasteiger partial charge in [-0.05, 0) is 12.0 Å². The number of fused-ring (bicyclic) bond motifs is 1. The summed E-state index contributed by atoms with van der Waals surface area (Å²) >= 11 is 1.68. The summed E-state index contributed by atoms with van der Waals surface area (Å²) in [7, 11) is 0. The van der Waals surface area contributed by atoms with Gasteiger partial charge in [-0.15, -0.1) is 11.8 Å². The number of hydrogen-bond donors (Lipinski definition) is 1. The van der Waals surface area contributed by atoms with Crippen molar-refractivity contribution in [3.8, 4) is 5.88 Å². The normalized spacial score (nSPS) is 17.2. The lowest BCUT2D eigenvalue weighted by atomic mass is 10.2. The van der Waals surface area contributed by atoms with E-state index < -0.39 is 0 Å². The molecule has 1 unspecified atom stereocenters. The number of benzene rings is 1. The number of pyridine rings is 1. The van der Waals surface area contributed by atoms with E-state index in [2.05, 4.69) is 16.9 Å². The summed E-state index contributed by atoms with van der Waals surface area (Å²) in [5.74, 6) is 1.35. The van der Waals surface area contributed by atoms with E-state index in [4.69, 9.17) is 4.74 Å². The highest BCUT2D eigenvalue weighted by atomic mass is 32.2. The number of carbonyl (C=O) groups excluding carboxylic acids is 1. The molecule has 0 radical (unpaired) electrons. The molecular formula is C20H21N3O2S. The molecule has 3 aromatic rings. The van der Waals surface area contributed by atoms with Gasteiger partial charge in [0.15, 0.2) is 0 Å². The molecule has 1 atom stereocenters. The Morgan fingerprint density at radius 2 is 2.19 bits per heavy atom. The third-order valence-electron chi connectivity index (χ3n) is 4.50. The van der Waals surface area contributed by atoms with Gasteiger partial charge in [-0.2, -0.15) is 0 Å². The van der Waals surface area contributed by atoms with Gasteiger partial charge in [0.25, 0.3) is 0 Å². The monoisotopic (exact) mass is 367 g/mol. The Balaban J connectivity index is 1.59. The minimum absolute atomic E-state index is 0.0561. The van der Waals surface area contributed by atoms with E-state index in [1.807, 2.05) is 47.5 Å². The van der Waals surface area contributed by atoms with Crippen molar-refractivity contribution in [3.63, 3.8) is 0 Å². The van der Waals surface area contributed by atoms with Gasteiger partial charge in [0.1, 0.15) is 12.0 Å². The van der Waals surface area contributed by atoms with Crippen LogP contribution in [-0.2, 0) is 11.4 Å². The van der Waals surface area contributed by atoms with Gasteiger partial charge < -0.3 is 14.6 Å². The van der Waals surface area contributed by atoms with Crippen molar-refractivity contribution in [3.05, 3.63) is 59.9 Å². The van der Waals surface area contributed by atoms with Gasteiger partial charge in [0.2, 0.25) is 11.8 Å². The lowest BCUT2D eigenvalue weighted by molar-refractivity contribution is -0.128. The molecule has 6 heteroatoms. The molecule has 1 aliphatic rings. The van der Waals surface area contributed by atoms with E-state index in [1.165, 1.54) is 0 Å². The van der Waals surface area contributed by atoms with Crippen LogP contribution in [0.3, 0.4) is 0 Å². The van der Waals surface area contributed by atoms with Gasteiger partial charge in [0, 0.05) is 29.8 Å². The summed E-state index contributed by atoms with van der Waals surface area (Å²) in [6.07, 6.45) is 4.75. The molecular weight excluding hydrogens is 346 g/mol. The first kappa shape index (κ1) is 17.0. The summed E-state index contributed by atoms with van der Waals surface area (Å²) in [5.41, 5.74) is 3.19. The maximum Gasteiger partial charge on any atom is 0.233 e. The minimum Gasteiger partial charge on any atom is -0.473 e. The smallest absolute Gasteiger partial charge is 0.233 e. The predicted octanol–water partition coefficient (Wildman–Crippen LogP) is 4.13. The van der Waals surface area contributed by atoms with Crippen LogP contribution in [0.2, 0.25) is 0 Å². The van der Waals surface area contributed by atoms with Crippen molar-refractivity contribution in [1.29, 1.82) is 0 Å². The summed E-state index contributed by atoms with van der Waals surface area (Å²) in [6, 6.07) is 12.0. The van der Waals surface area contributed by atoms with Crippen molar-refractivity contribution >= 4 is 28.6 Å². The number of nitrogens with one attached hydrogen (secondary N) is 1. The van der Waals surface area contributed by atoms with Crippen molar-refractivity contribution in [2.75, 3.05) is 12.3 Å². The van der Waals surface area contributed by atoms with Gasteiger partial charge in [0.05, 0.1) is 17.5 Å². The molecule has 1 aromatic carbocycles. The van der Waals surface area contributed by atoms with Crippen LogP contribution in [0.15, 0.2) is 48.8 Å². The van der Waals surface area contributed by atoms with Gasteiger partial charge in [-0.1, -0.05) is 37.3 Å². The van der Waals surface area contributed by atoms with Crippen LogP contribution in [0, 0.1) is 0 Å². The largest absolute Gasteiger partial charge is 0.473 e. The fourth-order valence-electron chi connectivity index (χ4n) is 3.23. The summed E-state index contributed by atoms with van der Waals surface area (Å²) < 4.78 is 5.87. The maximum absolute atomic E-state index is 12.2. The van der Waals surface area contributed by atoms with E-state index in [1.54, 1.807) is 18.0 Å². The number of aromatic nitrogens is 2. The van der Waals surface area contributed by atoms with Crippen LogP contribution >= 0.6 is 11.8 Å². The summed E-state index contributed by atoms with van der Waals surface area (Å²) in [5, 5.41) is 1.12. The highest BCUT2D eigenvalue weighted by Crippen LogP contribution is 2.41. The zero-order valence-corrected chi connectivity index (χ0v) is 15.5. The van der Waals surface area contributed by atoms with Crippen molar-refractivity contribution < 1.29 is 9.53 Å². The predicted molar refractivity (Wildman–Crippen MR) is 104 cm³/mol. The Hall–Kier alpha value is -2.47. The standard InChI is InChI=1S/C20H21N3O2S/c1-2-8-23-19(24)13-26-20(23)16-10-21-17-11-22-18(9-15(16)17)25-12-14-6-4-3-5-7-14/h3-7,9-11,20-21H,2,8,12-13H2,1H3. The Kier molecular flexibility index (Phi) is 4.84. The summed E-state index contributed by atoms with van der Waals surface area (Å²) in [4.78, 5) is 21.8. The number of H-pyrrole nitrogens is 1. The third kappa shape index (κ3) is 3.29. The van der Waals surface area contributed by atoms with Gasteiger partial charge >= 0.3 is 0 Å². The molecule has 3 heterocycles. The molecule has 1 amide bonds. The van der Waals surface area contributed by atoms with E-state index in [0.29, 0.717) is 18.2 Å². The molecule has 2 aromatic heterocycles. The molecule has 134 valence electrons. The Morgan fingerprint density at radius 3 is 3.00 bits per heavy atom. The Bertz CT molecular complexity index is 910. The average molecular weight is 367 g/mol. The van der Waals surface area contributed by atoms with Crippen LogP contribution in [-0.4, -0.2) is 33.1 Å². The molecule has 0 bridgehead atoms. The van der Waals surface area contributed by atoms with Gasteiger partial charge in [-0.3, -0.25) is 4.79 Å². The number of amides is 1. The Morgan fingerprint density at radius 1 is 1.35 bits per heavy atom. The topological polar surface area (TPSA) is 58.2 Å². The van der Waals surface area contributed by atoms with Crippen molar-refractivity contribution in [1.82, 2.24) is 14.9 Å². The maximum atomic E-state index is 12.2. The molecule has 1 saturated heterocycles. The number of nitrogens with zero attached hydrogens (tertiary/aromatic N) is 2. The summed E-state index contributed by atoms with van der Waals surface area (Å²) in [6.45, 7) is 3.37. The van der Waals surface area contributed by atoms with Crippen LogP contribution in [0.4, 0.5) is 0 Å². The molecule has 0 aliphatic carbocycles. The molecule has 1 fully saturated rings. The number of thioether (sulfide) groups is 1. The zero-order chi connectivity index (χ0) is 17.9. The van der Waals surface area contributed by atoms with Crippen LogP contribution in [0.5, 0.6) is 5.88 Å². The second-order valence-electron chi connectivity index (χ2n) is 6.34. The van der Waals surface area contributed by atoms with E-state index in [-0.39, 0.29) is 11.3 Å². The molecule has 5 nitrogen and oxygen atoms in total. The van der Waals surface area contributed by atoms with Crippen molar-refractivity contribution in [2.45, 2.75) is 25.3 Å². The highest BCUT2D eigenvalue weighted by Gasteiger charge is 2.33. The van der Waals surface area contributed by atoms with E-state index >= 15 is 0 Å². The molecule has 1 aliphatic heterocycles. The quantitative estimate of drug-likeness (QED) is 0.712. The molecule has 1 N–H and O–H groups in total. The first-order valence-corrected chi connectivity index (χ1v) is 9.86. The third-order valence-corrected chi connectivity index (χ3v) is 5.74. The number of rotatable bonds is 6. The number of hydrogen-bond acceptors (Lipinski definition) is 4. The van der Waals surface area contributed by atoms with Gasteiger partial charge in [-0.25, -0.2) is 4.98 Å². The second-order valence-corrected chi connectivity index (χ2v) is 7.41. The lowest BCUT2D eigenvalue weighted by Gasteiger charge is -2.23. The zero-order valence-electron chi connectivity index (χ0n) is 14.6. The minimum atomic E-state index is 0.0561. The fourth-order valence-corrected chi connectivity index (χ4v) is 4.48. The SMILES string of the molecule is CCCN1C(=O)CSC1c1c[nH]c2cnc(OCc3ccccc3)cc12. The average Bonchev–Trinajstić information content (AvgIpc) is 3.24. The Labute approximate surface area is 156 Å². The molecule has 26 heavy (non-hydrogen) atoms. The molecule has 0 saturated carbocycles. The van der Waals surface area contributed by atoms with E-state index in [0.717, 1.165) is 35.0 Å². The second kappa shape index (κ2) is 7.41. The highest BCUT2D eigenvalue weighted by molar-refractivity contribution is 8.00. The first-order chi connectivity index (χ1) is 12.8. The van der Waals surface area contributed by atoms with Crippen LogP contribution in [0.1, 0.15) is 29.8 Å². The molecule has 4 rings (SSSR count). The fraction of sp³-hybridized carbons (Fsp3) is 0.300. The van der Waals surface area contributed by atoms with Crippen molar-refractivity contribution in [2.24, 2.45) is 0 Å². The number of ether oxygens (including phenoxy) is 1. The van der Waals surface area contributed by atoms with Crippen LogP contribution in [0.25, 0.3) is 10.9 Å². The number of aromatic amines is 1. The van der Waals surface area contributed by atoms with Crippen LogP contribution < -0.4 is 4.74 Å². The first-order valence-electron chi connectivity index (χ1n) is 8.81. The molecule has 0 spiro atoms. The number of carbonyl (C=O) groups is 1.